The molecule has 2 fully saturated rings. The summed E-state index contributed by atoms with van der Waals surface area (Å²) in [5, 5.41) is 0. The van der Waals surface area contributed by atoms with E-state index >= 15 is 0 Å². The summed E-state index contributed by atoms with van der Waals surface area (Å²) in [6, 6.07) is 2.14. The second kappa shape index (κ2) is 4.72. The lowest BCUT2D eigenvalue weighted by Crippen LogP contribution is -2.45. The molecule has 1 saturated carbocycles. The Bertz CT molecular complexity index is 421. The highest BCUT2D eigenvalue weighted by Gasteiger charge is 2.23. The van der Waals surface area contributed by atoms with Gasteiger partial charge in [0.15, 0.2) is 0 Å². The summed E-state index contributed by atoms with van der Waals surface area (Å²) in [6.07, 6.45) is 3.82. The number of nitrogen functional groups attached to an aromatic ring is 1. The smallest absolute Gasteiger partial charge is 0.222 e. The van der Waals surface area contributed by atoms with Crippen LogP contribution in [0.25, 0.3) is 0 Å². The van der Waals surface area contributed by atoms with Gasteiger partial charge in [-0.15, -0.1) is 0 Å². The minimum atomic E-state index is 0.424. The number of hydrogen-bond acceptors (Lipinski definition) is 5. The van der Waals surface area contributed by atoms with Crippen molar-refractivity contribution in [2.45, 2.75) is 25.2 Å². The van der Waals surface area contributed by atoms with Crippen molar-refractivity contribution in [1.29, 1.82) is 0 Å². The number of nitrogens with two attached hydrogens (primary N) is 1. The van der Waals surface area contributed by atoms with E-state index in [4.69, 9.17) is 5.73 Å². The lowest BCUT2D eigenvalue weighted by atomic mass is 9.83. The number of nitrogens with zero attached hydrogens (tertiary/aromatic N) is 4. The van der Waals surface area contributed by atoms with E-state index in [9.17, 15) is 0 Å². The average molecular weight is 247 g/mol. The molecule has 1 aromatic heterocycles. The van der Waals surface area contributed by atoms with Crippen molar-refractivity contribution >= 4 is 11.8 Å². The monoisotopic (exact) mass is 247 g/mol. The molecule has 0 aromatic carbocycles. The van der Waals surface area contributed by atoms with Gasteiger partial charge in [0.2, 0.25) is 5.95 Å². The average Bonchev–Trinajstić information content (AvgIpc) is 2.26. The minimum Gasteiger partial charge on any atom is -0.368 e. The third kappa shape index (κ3) is 2.27. The van der Waals surface area contributed by atoms with Crippen LogP contribution < -0.4 is 10.6 Å². The zero-order chi connectivity index (χ0) is 12.5. The van der Waals surface area contributed by atoms with Crippen molar-refractivity contribution in [2.24, 2.45) is 0 Å². The van der Waals surface area contributed by atoms with Crippen LogP contribution in [0.1, 0.15) is 30.9 Å². The predicted molar refractivity (Wildman–Crippen MR) is 72.7 cm³/mol. The lowest BCUT2D eigenvalue weighted by molar-refractivity contribution is 0.312. The summed E-state index contributed by atoms with van der Waals surface area (Å²) < 4.78 is 0. The molecule has 3 rings (SSSR count). The second-order valence-electron chi connectivity index (χ2n) is 5.43. The molecule has 0 unspecified atom stereocenters. The van der Waals surface area contributed by atoms with Gasteiger partial charge in [-0.3, -0.25) is 0 Å². The molecule has 0 amide bonds. The number of aromatic nitrogens is 2. The molecule has 2 aliphatic rings. The Morgan fingerprint density at radius 1 is 1.17 bits per heavy atom. The molecule has 2 heterocycles. The Morgan fingerprint density at radius 3 is 2.50 bits per heavy atom. The number of piperazine rings is 1. The van der Waals surface area contributed by atoms with Gasteiger partial charge in [0.05, 0.1) is 5.69 Å². The molecule has 1 aromatic rings. The van der Waals surface area contributed by atoms with E-state index in [2.05, 4.69) is 32.9 Å². The Labute approximate surface area is 108 Å². The number of likely N-dealkylation sites (N-methyl/N-ethyl adjacent to an activating group) is 1. The topological polar surface area (TPSA) is 58.3 Å². The van der Waals surface area contributed by atoms with Crippen molar-refractivity contribution in [3.05, 3.63) is 11.8 Å². The van der Waals surface area contributed by atoms with Crippen molar-refractivity contribution < 1.29 is 0 Å². The molecular weight excluding hydrogens is 226 g/mol. The van der Waals surface area contributed by atoms with Crippen LogP contribution in [-0.4, -0.2) is 48.1 Å². The normalized spacial score (nSPS) is 21.9. The van der Waals surface area contributed by atoms with Gasteiger partial charge >= 0.3 is 0 Å². The highest BCUT2D eigenvalue weighted by Crippen LogP contribution is 2.36. The maximum absolute atomic E-state index is 5.85. The Balaban J connectivity index is 1.80. The largest absolute Gasteiger partial charge is 0.368 e. The minimum absolute atomic E-state index is 0.424. The van der Waals surface area contributed by atoms with E-state index in [0.717, 1.165) is 37.7 Å². The molecule has 1 aliphatic heterocycles. The fourth-order valence-electron chi connectivity index (χ4n) is 2.58. The summed E-state index contributed by atoms with van der Waals surface area (Å²) in [5.74, 6) is 2.05. The third-order valence-corrected chi connectivity index (χ3v) is 4.10. The molecular formula is C13H21N5. The maximum atomic E-state index is 5.85. The standard InChI is InChI=1S/C13H21N5/c1-17-5-7-18(8-6-17)12-9-11(10-3-2-4-10)15-13(14)16-12/h9-10H,2-8H2,1H3,(H2,14,15,16). The van der Waals surface area contributed by atoms with Gasteiger partial charge in [0.1, 0.15) is 5.82 Å². The number of hydrogen-bond donors (Lipinski definition) is 1. The van der Waals surface area contributed by atoms with Crippen LogP contribution in [0, 0.1) is 0 Å². The van der Waals surface area contributed by atoms with Gasteiger partial charge in [-0.1, -0.05) is 6.42 Å². The molecule has 1 saturated heterocycles. The van der Waals surface area contributed by atoms with Gasteiger partial charge in [0, 0.05) is 38.2 Å². The molecule has 18 heavy (non-hydrogen) atoms. The van der Waals surface area contributed by atoms with E-state index in [1.807, 2.05) is 0 Å². The first-order valence-corrected chi connectivity index (χ1v) is 6.80. The predicted octanol–water partition coefficient (Wildman–Crippen LogP) is 1.08. The van der Waals surface area contributed by atoms with E-state index in [1.54, 1.807) is 0 Å². The van der Waals surface area contributed by atoms with Gasteiger partial charge in [-0.25, -0.2) is 4.98 Å². The van der Waals surface area contributed by atoms with Crippen LogP contribution in [0.5, 0.6) is 0 Å². The zero-order valence-corrected chi connectivity index (χ0v) is 11.0. The van der Waals surface area contributed by atoms with Crippen LogP contribution in [0.15, 0.2) is 6.07 Å². The van der Waals surface area contributed by atoms with Gasteiger partial charge in [-0.2, -0.15) is 4.98 Å². The zero-order valence-electron chi connectivity index (χ0n) is 11.0. The SMILES string of the molecule is CN1CCN(c2cc(C3CCC3)nc(N)n2)CC1. The number of anilines is 2. The summed E-state index contributed by atoms with van der Waals surface area (Å²) in [4.78, 5) is 13.5. The Hall–Kier alpha value is -1.36. The quantitative estimate of drug-likeness (QED) is 0.847. The van der Waals surface area contributed by atoms with Crippen LogP contribution in [0.3, 0.4) is 0 Å². The van der Waals surface area contributed by atoms with Gasteiger partial charge < -0.3 is 15.5 Å². The first-order valence-electron chi connectivity index (χ1n) is 6.80. The Morgan fingerprint density at radius 2 is 1.89 bits per heavy atom. The van der Waals surface area contributed by atoms with E-state index < -0.39 is 0 Å². The fourth-order valence-corrected chi connectivity index (χ4v) is 2.58. The van der Waals surface area contributed by atoms with Crippen LogP contribution in [0.2, 0.25) is 0 Å². The molecule has 1 aliphatic carbocycles. The number of rotatable bonds is 2. The van der Waals surface area contributed by atoms with E-state index in [-0.39, 0.29) is 0 Å². The van der Waals surface area contributed by atoms with E-state index in [0.29, 0.717) is 11.9 Å². The molecule has 0 atom stereocenters. The summed E-state index contributed by atoms with van der Waals surface area (Å²) in [6.45, 7) is 4.22. The first kappa shape index (κ1) is 11.7. The first-order chi connectivity index (χ1) is 8.72. The van der Waals surface area contributed by atoms with E-state index in [1.165, 1.54) is 19.3 Å². The maximum Gasteiger partial charge on any atom is 0.222 e. The van der Waals surface area contributed by atoms with Crippen LogP contribution in [-0.2, 0) is 0 Å². The van der Waals surface area contributed by atoms with Crippen LogP contribution in [0.4, 0.5) is 11.8 Å². The molecule has 5 heteroatoms. The lowest BCUT2D eigenvalue weighted by Gasteiger charge is -2.34. The second-order valence-corrected chi connectivity index (χ2v) is 5.43. The molecule has 0 spiro atoms. The van der Waals surface area contributed by atoms with Crippen molar-refractivity contribution in [3.63, 3.8) is 0 Å². The Kier molecular flexibility index (Phi) is 3.07. The summed E-state index contributed by atoms with van der Waals surface area (Å²) in [7, 11) is 2.16. The third-order valence-electron chi connectivity index (χ3n) is 4.10. The molecule has 5 nitrogen and oxygen atoms in total. The highest BCUT2D eigenvalue weighted by molar-refractivity contribution is 5.45. The van der Waals surface area contributed by atoms with Crippen molar-refractivity contribution in [2.75, 3.05) is 43.9 Å². The molecule has 0 radical (unpaired) electrons. The van der Waals surface area contributed by atoms with Gasteiger partial charge in [-0.05, 0) is 19.9 Å². The summed E-state index contributed by atoms with van der Waals surface area (Å²) >= 11 is 0. The summed E-state index contributed by atoms with van der Waals surface area (Å²) in [5.41, 5.74) is 6.99. The molecule has 2 N–H and O–H groups in total. The highest BCUT2D eigenvalue weighted by atomic mass is 15.3. The molecule has 98 valence electrons. The van der Waals surface area contributed by atoms with Gasteiger partial charge in [0.25, 0.3) is 0 Å². The fraction of sp³-hybridized carbons (Fsp3) is 0.692. The van der Waals surface area contributed by atoms with Crippen LogP contribution >= 0.6 is 0 Å². The van der Waals surface area contributed by atoms with Crippen molar-refractivity contribution in [3.8, 4) is 0 Å². The van der Waals surface area contributed by atoms with Crippen molar-refractivity contribution in [1.82, 2.24) is 14.9 Å². The molecule has 0 bridgehead atoms.